The maximum Gasteiger partial charge on any atom is 0.129 e. The molecule has 4 heteroatoms. The van der Waals surface area contributed by atoms with Crippen LogP contribution in [0.1, 0.15) is 22.9 Å². The normalized spacial score (nSPS) is 13.4. The average Bonchev–Trinajstić information content (AvgIpc) is 2.42. The molecule has 1 atom stereocenters. The van der Waals surface area contributed by atoms with E-state index in [0.29, 0.717) is 5.56 Å². The fourth-order valence-corrected chi connectivity index (χ4v) is 2.39. The van der Waals surface area contributed by atoms with Crippen LogP contribution in [0.2, 0.25) is 0 Å². The van der Waals surface area contributed by atoms with Crippen LogP contribution in [-0.4, -0.2) is 4.98 Å². The molecule has 0 radical (unpaired) electrons. The third-order valence-electron chi connectivity index (χ3n) is 2.04. The lowest BCUT2D eigenvalue weighted by atomic mass is 10.1. The lowest BCUT2D eigenvalue weighted by Gasteiger charge is -2.04. The average molecular weight is 230 g/mol. The molecule has 1 heterocycles. The fourth-order valence-electron chi connectivity index (χ4n) is 1.39. The van der Waals surface area contributed by atoms with Crippen LogP contribution in [0.5, 0.6) is 0 Å². The van der Waals surface area contributed by atoms with Gasteiger partial charge in [-0.3, -0.25) is 0 Å². The van der Waals surface area contributed by atoms with Crippen molar-refractivity contribution in [1.29, 1.82) is 0 Å². The Morgan fingerprint density at radius 1 is 1.50 bits per heavy atom. The van der Waals surface area contributed by atoms with E-state index < -0.39 is 0 Å². The smallest absolute Gasteiger partial charge is 0.129 e. The van der Waals surface area contributed by atoms with Crippen molar-refractivity contribution in [3.8, 4) is 0 Å². The van der Waals surface area contributed by atoms with E-state index in [2.05, 4.69) is 4.98 Å². The molecule has 0 aliphatic carbocycles. The highest BCUT2D eigenvalue weighted by atomic mass is 35.5. The van der Waals surface area contributed by atoms with Crippen molar-refractivity contribution < 1.29 is 4.39 Å². The third-order valence-corrected chi connectivity index (χ3v) is 3.21. The van der Waals surface area contributed by atoms with Gasteiger partial charge < -0.3 is 0 Å². The van der Waals surface area contributed by atoms with Crippen LogP contribution < -0.4 is 0 Å². The van der Waals surface area contributed by atoms with Crippen LogP contribution in [0.3, 0.4) is 0 Å². The second-order valence-corrected chi connectivity index (χ2v) is 5.08. The Kier molecular flexibility index (Phi) is 2.45. The minimum atomic E-state index is -0.318. The van der Waals surface area contributed by atoms with Gasteiger partial charge in [-0.05, 0) is 26.0 Å². The van der Waals surface area contributed by atoms with Gasteiger partial charge in [0.15, 0.2) is 0 Å². The van der Waals surface area contributed by atoms with E-state index in [0.717, 1.165) is 15.2 Å². The molecular weight excluding hydrogens is 221 g/mol. The second kappa shape index (κ2) is 3.48. The molecule has 2 rings (SSSR count). The van der Waals surface area contributed by atoms with Crippen LogP contribution in [0.15, 0.2) is 12.1 Å². The summed E-state index contributed by atoms with van der Waals surface area (Å²) in [5.41, 5.74) is 1.35. The number of rotatable bonds is 1. The van der Waals surface area contributed by atoms with Gasteiger partial charge in [-0.15, -0.1) is 22.9 Å². The standard InChI is InChI=1S/C10H9ClFNS/c1-5(11)7-3-9-10(4-8(7)12)14-6(2)13-9/h3-5H,1-2H3/t5-/m1/s1. The number of thiazole rings is 1. The van der Waals surface area contributed by atoms with Gasteiger partial charge in [-0.25, -0.2) is 9.37 Å². The van der Waals surface area contributed by atoms with Crippen LogP contribution in [0, 0.1) is 12.7 Å². The maximum atomic E-state index is 13.5. The SMILES string of the molecule is Cc1nc2cc([C@@H](C)Cl)c(F)cc2s1. The molecule has 0 saturated heterocycles. The summed E-state index contributed by atoms with van der Waals surface area (Å²) >= 11 is 7.34. The van der Waals surface area contributed by atoms with Gasteiger partial charge in [0.25, 0.3) is 0 Å². The number of aryl methyl sites for hydroxylation is 1. The highest BCUT2D eigenvalue weighted by molar-refractivity contribution is 7.18. The Morgan fingerprint density at radius 2 is 2.21 bits per heavy atom. The zero-order valence-electron chi connectivity index (χ0n) is 7.84. The zero-order chi connectivity index (χ0) is 10.3. The molecule has 0 spiro atoms. The summed E-state index contributed by atoms with van der Waals surface area (Å²) in [6, 6.07) is 3.24. The van der Waals surface area contributed by atoms with Crippen molar-refractivity contribution in [2.75, 3.05) is 0 Å². The molecule has 1 aromatic heterocycles. The molecule has 2 aromatic rings. The van der Waals surface area contributed by atoms with Crippen LogP contribution >= 0.6 is 22.9 Å². The van der Waals surface area contributed by atoms with E-state index in [-0.39, 0.29) is 11.2 Å². The highest BCUT2D eigenvalue weighted by Crippen LogP contribution is 2.29. The van der Waals surface area contributed by atoms with Crippen molar-refractivity contribution >= 4 is 33.2 Å². The summed E-state index contributed by atoms with van der Waals surface area (Å²) < 4.78 is 14.4. The molecule has 0 fully saturated rings. The van der Waals surface area contributed by atoms with Crippen molar-refractivity contribution in [2.24, 2.45) is 0 Å². The van der Waals surface area contributed by atoms with Crippen molar-refractivity contribution in [1.82, 2.24) is 4.98 Å². The van der Waals surface area contributed by atoms with E-state index in [1.54, 1.807) is 13.0 Å². The van der Waals surface area contributed by atoms with E-state index in [4.69, 9.17) is 11.6 Å². The first-order chi connectivity index (χ1) is 6.58. The Hall–Kier alpha value is -0.670. The number of nitrogens with zero attached hydrogens (tertiary/aromatic N) is 1. The zero-order valence-corrected chi connectivity index (χ0v) is 9.42. The minimum Gasteiger partial charge on any atom is -0.241 e. The summed E-state index contributed by atoms with van der Waals surface area (Å²) in [4.78, 5) is 4.29. The number of alkyl halides is 1. The Balaban J connectivity index is 2.70. The van der Waals surface area contributed by atoms with Gasteiger partial charge in [0.2, 0.25) is 0 Å². The lowest BCUT2D eigenvalue weighted by molar-refractivity contribution is 0.612. The largest absolute Gasteiger partial charge is 0.241 e. The van der Waals surface area contributed by atoms with Gasteiger partial charge in [0.05, 0.1) is 20.6 Å². The molecular formula is C10H9ClFNS. The Bertz CT molecular complexity index is 478. The van der Waals surface area contributed by atoms with Gasteiger partial charge in [-0.1, -0.05) is 0 Å². The fraction of sp³-hybridized carbons (Fsp3) is 0.300. The summed E-state index contributed by atoms with van der Waals surface area (Å²) in [6.45, 7) is 3.66. The van der Waals surface area contributed by atoms with Crippen LogP contribution in [0.4, 0.5) is 4.39 Å². The summed E-state index contributed by atoms with van der Waals surface area (Å²) in [6.07, 6.45) is 0. The molecule has 1 aromatic carbocycles. The first kappa shape index (κ1) is 9.87. The quantitative estimate of drug-likeness (QED) is 0.673. The molecule has 0 saturated carbocycles. The van der Waals surface area contributed by atoms with E-state index in [1.807, 2.05) is 6.92 Å². The van der Waals surface area contributed by atoms with Gasteiger partial charge in [0, 0.05) is 5.56 Å². The monoisotopic (exact) mass is 229 g/mol. The molecule has 0 aliphatic rings. The summed E-state index contributed by atoms with van der Waals surface area (Å²) in [7, 11) is 0. The molecule has 0 unspecified atom stereocenters. The topological polar surface area (TPSA) is 12.9 Å². The number of fused-ring (bicyclic) bond motifs is 1. The number of halogens is 2. The van der Waals surface area contributed by atoms with Gasteiger partial charge >= 0.3 is 0 Å². The van der Waals surface area contributed by atoms with Crippen LogP contribution in [-0.2, 0) is 0 Å². The van der Waals surface area contributed by atoms with Crippen molar-refractivity contribution in [3.05, 3.63) is 28.5 Å². The maximum absolute atomic E-state index is 13.5. The van der Waals surface area contributed by atoms with Gasteiger partial charge in [0.1, 0.15) is 5.82 Å². The molecule has 0 amide bonds. The molecule has 14 heavy (non-hydrogen) atoms. The second-order valence-electron chi connectivity index (χ2n) is 3.19. The molecule has 0 aliphatic heterocycles. The molecule has 74 valence electrons. The Labute approximate surface area is 90.5 Å². The van der Waals surface area contributed by atoms with E-state index in [9.17, 15) is 4.39 Å². The van der Waals surface area contributed by atoms with E-state index >= 15 is 0 Å². The number of hydrogen-bond donors (Lipinski definition) is 0. The predicted octanol–water partition coefficient (Wildman–Crippen LogP) is 4.04. The first-order valence-electron chi connectivity index (χ1n) is 4.28. The number of hydrogen-bond acceptors (Lipinski definition) is 2. The van der Waals surface area contributed by atoms with Gasteiger partial charge in [-0.2, -0.15) is 0 Å². The van der Waals surface area contributed by atoms with Crippen molar-refractivity contribution in [2.45, 2.75) is 19.2 Å². The summed E-state index contributed by atoms with van der Waals surface area (Å²) in [5.74, 6) is -0.247. The van der Waals surface area contributed by atoms with E-state index in [1.165, 1.54) is 17.4 Å². The highest BCUT2D eigenvalue weighted by Gasteiger charge is 2.11. The number of benzene rings is 1. The first-order valence-corrected chi connectivity index (χ1v) is 5.54. The third kappa shape index (κ3) is 1.62. The lowest BCUT2D eigenvalue weighted by Crippen LogP contribution is -1.90. The molecule has 0 bridgehead atoms. The summed E-state index contributed by atoms with van der Waals surface area (Å²) in [5, 5.41) is 0.625. The molecule has 1 nitrogen and oxygen atoms in total. The minimum absolute atomic E-state index is 0.247. The van der Waals surface area contributed by atoms with Crippen LogP contribution in [0.25, 0.3) is 10.2 Å². The molecule has 0 N–H and O–H groups in total. The Morgan fingerprint density at radius 3 is 2.86 bits per heavy atom. The van der Waals surface area contributed by atoms with Crippen molar-refractivity contribution in [3.63, 3.8) is 0 Å². The number of aromatic nitrogens is 1. The predicted molar refractivity (Wildman–Crippen MR) is 58.6 cm³/mol.